The number of hydrogen-bond acceptors (Lipinski definition) is 3. The SMILES string of the molecule is CNc1cccc(COc2ccc(C(C)C)c(C)c2)n1. The molecule has 0 aliphatic rings. The summed E-state index contributed by atoms with van der Waals surface area (Å²) in [5, 5.41) is 3.03. The van der Waals surface area contributed by atoms with E-state index < -0.39 is 0 Å². The average Bonchev–Trinajstić information content (AvgIpc) is 2.45. The van der Waals surface area contributed by atoms with Crippen LogP contribution in [0.25, 0.3) is 0 Å². The molecular weight excluding hydrogens is 248 g/mol. The van der Waals surface area contributed by atoms with Crippen LogP contribution in [0.1, 0.15) is 36.6 Å². The van der Waals surface area contributed by atoms with Gasteiger partial charge in [0.25, 0.3) is 0 Å². The van der Waals surface area contributed by atoms with Crippen molar-refractivity contribution < 1.29 is 4.74 Å². The molecule has 0 aliphatic heterocycles. The Hall–Kier alpha value is -2.03. The Morgan fingerprint density at radius 3 is 2.65 bits per heavy atom. The fourth-order valence-corrected chi connectivity index (χ4v) is 2.24. The lowest BCUT2D eigenvalue weighted by atomic mass is 9.98. The van der Waals surface area contributed by atoms with Gasteiger partial charge in [0.05, 0.1) is 5.69 Å². The Bertz CT molecular complexity index is 579. The molecule has 0 aliphatic carbocycles. The van der Waals surface area contributed by atoms with Crippen molar-refractivity contribution >= 4 is 5.82 Å². The minimum Gasteiger partial charge on any atom is -0.487 e. The van der Waals surface area contributed by atoms with Crippen LogP contribution in [-0.4, -0.2) is 12.0 Å². The first-order valence-electron chi connectivity index (χ1n) is 6.97. The van der Waals surface area contributed by atoms with Crippen LogP contribution in [-0.2, 0) is 6.61 Å². The molecular formula is C17H22N2O. The third-order valence-electron chi connectivity index (χ3n) is 3.31. The number of rotatable bonds is 5. The summed E-state index contributed by atoms with van der Waals surface area (Å²) in [6, 6.07) is 12.2. The molecule has 0 atom stereocenters. The molecule has 1 heterocycles. The van der Waals surface area contributed by atoms with E-state index in [-0.39, 0.29) is 0 Å². The van der Waals surface area contributed by atoms with Crippen molar-refractivity contribution in [3.05, 3.63) is 53.2 Å². The van der Waals surface area contributed by atoms with Crippen molar-refractivity contribution in [1.29, 1.82) is 0 Å². The van der Waals surface area contributed by atoms with E-state index in [1.165, 1.54) is 11.1 Å². The van der Waals surface area contributed by atoms with Gasteiger partial charge in [-0.05, 0) is 48.2 Å². The predicted molar refractivity (Wildman–Crippen MR) is 83.4 cm³/mol. The van der Waals surface area contributed by atoms with E-state index in [0.29, 0.717) is 12.5 Å². The first-order valence-corrected chi connectivity index (χ1v) is 6.97. The number of ether oxygens (including phenoxy) is 1. The maximum Gasteiger partial charge on any atom is 0.130 e. The highest BCUT2D eigenvalue weighted by Gasteiger charge is 2.05. The molecule has 0 bridgehead atoms. The Morgan fingerprint density at radius 1 is 1.20 bits per heavy atom. The van der Waals surface area contributed by atoms with Crippen LogP contribution in [0, 0.1) is 6.92 Å². The van der Waals surface area contributed by atoms with Crippen molar-refractivity contribution in [2.24, 2.45) is 0 Å². The fourth-order valence-electron chi connectivity index (χ4n) is 2.24. The lowest BCUT2D eigenvalue weighted by molar-refractivity contribution is 0.301. The second kappa shape index (κ2) is 6.42. The maximum absolute atomic E-state index is 5.82. The van der Waals surface area contributed by atoms with Crippen molar-refractivity contribution in [1.82, 2.24) is 4.98 Å². The second-order valence-electron chi connectivity index (χ2n) is 5.23. The first kappa shape index (κ1) is 14.4. The van der Waals surface area contributed by atoms with Gasteiger partial charge in [-0.25, -0.2) is 4.98 Å². The number of aryl methyl sites for hydroxylation is 1. The third-order valence-corrected chi connectivity index (χ3v) is 3.31. The average molecular weight is 270 g/mol. The van der Waals surface area contributed by atoms with Crippen molar-refractivity contribution in [2.75, 3.05) is 12.4 Å². The number of hydrogen-bond donors (Lipinski definition) is 1. The van der Waals surface area contributed by atoms with Gasteiger partial charge in [0.1, 0.15) is 18.2 Å². The molecule has 0 radical (unpaired) electrons. The van der Waals surface area contributed by atoms with Crippen LogP contribution < -0.4 is 10.1 Å². The van der Waals surface area contributed by atoms with E-state index in [1.807, 2.05) is 31.3 Å². The smallest absolute Gasteiger partial charge is 0.130 e. The number of anilines is 1. The molecule has 0 unspecified atom stereocenters. The molecule has 1 aromatic heterocycles. The Labute approximate surface area is 121 Å². The molecule has 20 heavy (non-hydrogen) atoms. The summed E-state index contributed by atoms with van der Waals surface area (Å²) in [5.41, 5.74) is 3.56. The van der Waals surface area contributed by atoms with Crippen LogP contribution >= 0.6 is 0 Å². The van der Waals surface area contributed by atoms with Crippen molar-refractivity contribution in [3.63, 3.8) is 0 Å². The Kier molecular flexibility index (Phi) is 4.61. The highest BCUT2D eigenvalue weighted by molar-refractivity contribution is 5.37. The number of pyridine rings is 1. The van der Waals surface area contributed by atoms with Crippen molar-refractivity contribution in [3.8, 4) is 5.75 Å². The summed E-state index contributed by atoms with van der Waals surface area (Å²) in [4.78, 5) is 4.44. The topological polar surface area (TPSA) is 34.1 Å². The molecule has 1 N–H and O–H groups in total. The largest absolute Gasteiger partial charge is 0.487 e. The van der Waals surface area contributed by atoms with Crippen LogP contribution in [0.3, 0.4) is 0 Å². The Morgan fingerprint density at radius 2 is 2.00 bits per heavy atom. The molecule has 3 nitrogen and oxygen atoms in total. The van der Waals surface area contributed by atoms with E-state index >= 15 is 0 Å². The zero-order chi connectivity index (χ0) is 14.5. The number of nitrogens with one attached hydrogen (secondary N) is 1. The van der Waals surface area contributed by atoms with Gasteiger partial charge in [0.2, 0.25) is 0 Å². The summed E-state index contributed by atoms with van der Waals surface area (Å²) >= 11 is 0. The highest BCUT2D eigenvalue weighted by Crippen LogP contribution is 2.24. The van der Waals surface area contributed by atoms with Gasteiger partial charge in [-0.2, -0.15) is 0 Å². The summed E-state index contributed by atoms with van der Waals surface area (Å²) in [5.74, 6) is 2.29. The Balaban J connectivity index is 2.05. The van der Waals surface area contributed by atoms with Gasteiger partial charge in [0.15, 0.2) is 0 Å². The van der Waals surface area contributed by atoms with E-state index in [9.17, 15) is 0 Å². The van der Waals surface area contributed by atoms with E-state index in [0.717, 1.165) is 17.3 Å². The summed E-state index contributed by atoms with van der Waals surface area (Å²) in [7, 11) is 1.86. The fraction of sp³-hybridized carbons (Fsp3) is 0.353. The quantitative estimate of drug-likeness (QED) is 0.887. The van der Waals surface area contributed by atoms with Gasteiger partial charge >= 0.3 is 0 Å². The molecule has 106 valence electrons. The normalized spacial score (nSPS) is 10.7. The minimum atomic E-state index is 0.482. The standard InChI is InChI=1S/C17H22N2O/c1-12(2)16-9-8-15(10-13(16)3)20-11-14-6-5-7-17(18-4)19-14/h5-10,12H,11H2,1-4H3,(H,18,19). The van der Waals surface area contributed by atoms with Crippen LogP contribution in [0.4, 0.5) is 5.82 Å². The molecule has 0 saturated carbocycles. The number of aromatic nitrogens is 1. The molecule has 0 saturated heterocycles. The van der Waals surface area contributed by atoms with Crippen LogP contribution in [0.15, 0.2) is 36.4 Å². The molecule has 1 aromatic carbocycles. The molecule has 2 aromatic rings. The van der Waals surface area contributed by atoms with Gasteiger partial charge in [-0.15, -0.1) is 0 Å². The minimum absolute atomic E-state index is 0.482. The van der Waals surface area contributed by atoms with Gasteiger partial charge < -0.3 is 10.1 Å². The lowest BCUT2D eigenvalue weighted by Crippen LogP contribution is -2.01. The van der Waals surface area contributed by atoms with E-state index in [4.69, 9.17) is 4.74 Å². The van der Waals surface area contributed by atoms with Gasteiger partial charge in [-0.3, -0.25) is 0 Å². The molecule has 3 heteroatoms. The van der Waals surface area contributed by atoms with E-state index in [2.05, 4.69) is 43.2 Å². The monoisotopic (exact) mass is 270 g/mol. The highest BCUT2D eigenvalue weighted by atomic mass is 16.5. The molecule has 0 spiro atoms. The zero-order valence-corrected chi connectivity index (χ0v) is 12.6. The van der Waals surface area contributed by atoms with Gasteiger partial charge in [0, 0.05) is 7.05 Å². The molecule has 0 fully saturated rings. The van der Waals surface area contributed by atoms with Crippen LogP contribution in [0.5, 0.6) is 5.75 Å². The summed E-state index contributed by atoms with van der Waals surface area (Å²) < 4.78 is 5.82. The first-order chi connectivity index (χ1) is 9.60. The predicted octanol–water partition coefficient (Wildman–Crippen LogP) is 4.13. The summed E-state index contributed by atoms with van der Waals surface area (Å²) in [6.07, 6.45) is 0. The second-order valence-corrected chi connectivity index (χ2v) is 5.23. The van der Waals surface area contributed by atoms with Crippen LogP contribution in [0.2, 0.25) is 0 Å². The maximum atomic E-state index is 5.82. The van der Waals surface area contributed by atoms with E-state index in [1.54, 1.807) is 0 Å². The summed E-state index contributed by atoms with van der Waals surface area (Å²) in [6.45, 7) is 7.02. The molecule has 0 amide bonds. The number of benzene rings is 1. The lowest BCUT2D eigenvalue weighted by Gasteiger charge is -2.12. The number of nitrogens with zero attached hydrogens (tertiary/aromatic N) is 1. The van der Waals surface area contributed by atoms with Gasteiger partial charge in [-0.1, -0.05) is 26.0 Å². The third kappa shape index (κ3) is 3.50. The zero-order valence-electron chi connectivity index (χ0n) is 12.6. The van der Waals surface area contributed by atoms with Crippen molar-refractivity contribution in [2.45, 2.75) is 33.3 Å². The molecule has 2 rings (SSSR count).